The Balaban J connectivity index is 1.56. The van der Waals surface area contributed by atoms with E-state index in [0.717, 1.165) is 5.39 Å². The Hall–Kier alpha value is -4.26. The number of nitrogens with one attached hydrogen (secondary N) is 2. The summed E-state index contributed by atoms with van der Waals surface area (Å²) >= 11 is 0. The van der Waals surface area contributed by atoms with Crippen molar-refractivity contribution in [3.63, 3.8) is 0 Å². The minimum atomic E-state index is -0.514. The van der Waals surface area contributed by atoms with E-state index in [1.54, 1.807) is 42.5 Å². The highest BCUT2D eigenvalue weighted by Crippen LogP contribution is 2.21. The molecule has 0 bridgehead atoms. The fourth-order valence-corrected chi connectivity index (χ4v) is 2.85. The van der Waals surface area contributed by atoms with E-state index < -0.39 is 17.4 Å². The topological polar surface area (TPSA) is 101 Å². The summed E-state index contributed by atoms with van der Waals surface area (Å²) in [4.78, 5) is 40.6. The number of hydrogen-bond acceptors (Lipinski definition) is 5. The molecular formula is C22H15N3O4. The maximum atomic E-state index is 12.4. The van der Waals surface area contributed by atoms with E-state index in [1.807, 2.05) is 12.1 Å². The summed E-state index contributed by atoms with van der Waals surface area (Å²) in [7, 11) is 0. The van der Waals surface area contributed by atoms with E-state index in [0.29, 0.717) is 22.3 Å². The number of carbonyl (C=O) groups excluding carboxylic acids is 2. The molecule has 2 amide bonds. The normalized spacial score (nSPS) is 10.5. The Kier molecular flexibility index (Phi) is 4.86. The Morgan fingerprint density at radius 1 is 0.793 bits per heavy atom. The number of hydrazine groups is 1. The third-order valence-corrected chi connectivity index (χ3v) is 4.31. The summed E-state index contributed by atoms with van der Waals surface area (Å²) in [5, 5.41) is 0.779. The van der Waals surface area contributed by atoms with Gasteiger partial charge in [-0.1, -0.05) is 30.3 Å². The summed E-state index contributed by atoms with van der Waals surface area (Å²) < 4.78 is 5.36. The number of pyridine rings is 1. The molecule has 2 N–H and O–H groups in total. The van der Waals surface area contributed by atoms with E-state index in [2.05, 4.69) is 15.8 Å². The molecule has 0 aliphatic rings. The first-order chi connectivity index (χ1) is 14.1. The van der Waals surface area contributed by atoms with Crippen molar-refractivity contribution in [2.75, 3.05) is 0 Å². The van der Waals surface area contributed by atoms with Crippen LogP contribution in [0.5, 0.6) is 0 Å². The van der Waals surface area contributed by atoms with Crippen molar-refractivity contribution in [3.8, 4) is 11.1 Å². The van der Waals surface area contributed by atoms with Gasteiger partial charge in [0.15, 0.2) is 0 Å². The standard InChI is InChI=1S/C22H15N3O4/c26-20(14-8-10-23-11-9-14)24-25-21(27)17-6-3-5-15(12-17)18-13-16-4-1-2-7-19(16)29-22(18)28/h1-13H,(H,24,26)(H,25,27). The van der Waals surface area contributed by atoms with Crippen LogP contribution in [0.3, 0.4) is 0 Å². The second kappa shape index (κ2) is 7.77. The fourth-order valence-electron chi connectivity index (χ4n) is 2.85. The Bertz CT molecular complexity index is 1270. The molecule has 2 aromatic carbocycles. The van der Waals surface area contributed by atoms with Crippen LogP contribution in [0.1, 0.15) is 20.7 Å². The molecule has 4 aromatic rings. The average molecular weight is 385 g/mol. The number of aromatic nitrogens is 1. The summed E-state index contributed by atoms with van der Waals surface area (Å²) in [5.41, 5.74) is 6.24. The molecule has 2 heterocycles. The largest absolute Gasteiger partial charge is 0.422 e. The van der Waals surface area contributed by atoms with Crippen molar-refractivity contribution in [1.29, 1.82) is 0 Å². The van der Waals surface area contributed by atoms with Crippen LogP contribution in [0.25, 0.3) is 22.1 Å². The molecular weight excluding hydrogens is 370 g/mol. The number of carbonyl (C=O) groups is 2. The fraction of sp³-hybridized carbons (Fsp3) is 0. The molecule has 0 fully saturated rings. The van der Waals surface area contributed by atoms with E-state index >= 15 is 0 Å². The van der Waals surface area contributed by atoms with E-state index in [1.165, 1.54) is 24.5 Å². The molecule has 0 atom stereocenters. The van der Waals surface area contributed by atoms with Crippen molar-refractivity contribution in [3.05, 3.63) is 101 Å². The van der Waals surface area contributed by atoms with Crippen LogP contribution in [0.2, 0.25) is 0 Å². The lowest BCUT2D eigenvalue weighted by Crippen LogP contribution is -2.41. The highest BCUT2D eigenvalue weighted by molar-refractivity contribution is 5.99. The number of benzene rings is 2. The summed E-state index contributed by atoms with van der Waals surface area (Å²) in [6, 6.07) is 18.5. The van der Waals surface area contributed by atoms with Gasteiger partial charge in [0, 0.05) is 28.9 Å². The maximum Gasteiger partial charge on any atom is 0.344 e. The molecule has 4 rings (SSSR count). The molecule has 29 heavy (non-hydrogen) atoms. The van der Waals surface area contributed by atoms with Crippen LogP contribution in [0, 0.1) is 0 Å². The van der Waals surface area contributed by atoms with Gasteiger partial charge in [-0.25, -0.2) is 4.79 Å². The van der Waals surface area contributed by atoms with Gasteiger partial charge in [-0.05, 0) is 42.0 Å². The van der Waals surface area contributed by atoms with Crippen molar-refractivity contribution in [2.24, 2.45) is 0 Å². The van der Waals surface area contributed by atoms with E-state index in [4.69, 9.17) is 4.42 Å². The van der Waals surface area contributed by atoms with Gasteiger partial charge in [0.2, 0.25) is 0 Å². The van der Waals surface area contributed by atoms with Crippen molar-refractivity contribution < 1.29 is 14.0 Å². The Labute approximate surface area is 165 Å². The third-order valence-electron chi connectivity index (χ3n) is 4.31. The molecule has 7 heteroatoms. The predicted octanol–water partition coefficient (Wildman–Crippen LogP) is 2.93. The lowest BCUT2D eigenvalue weighted by Gasteiger charge is -2.08. The predicted molar refractivity (Wildman–Crippen MR) is 107 cm³/mol. The lowest BCUT2D eigenvalue weighted by molar-refractivity contribution is 0.0846. The molecule has 7 nitrogen and oxygen atoms in total. The van der Waals surface area contributed by atoms with Crippen molar-refractivity contribution >= 4 is 22.8 Å². The van der Waals surface area contributed by atoms with Gasteiger partial charge < -0.3 is 4.42 Å². The highest BCUT2D eigenvalue weighted by atomic mass is 16.4. The zero-order valence-electron chi connectivity index (χ0n) is 15.1. The maximum absolute atomic E-state index is 12.4. The SMILES string of the molecule is O=C(NNC(=O)c1cccc(-c2cc3ccccc3oc2=O)c1)c1ccncc1. The molecule has 0 saturated carbocycles. The molecule has 0 radical (unpaired) electrons. The van der Waals surface area contributed by atoms with Crippen molar-refractivity contribution in [1.82, 2.24) is 15.8 Å². The zero-order chi connectivity index (χ0) is 20.2. The lowest BCUT2D eigenvalue weighted by atomic mass is 10.0. The molecule has 0 unspecified atom stereocenters. The summed E-state index contributed by atoms with van der Waals surface area (Å²) in [5.74, 6) is -0.980. The quantitative estimate of drug-likeness (QED) is 0.417. The molecule has 2 aromatic heterocycles. The summed E-state index contributed by atoms with van der Waals surface area (Å²) in [6.07, 6.45) is 2.96. The second-order valence-electron chi connectivity index (χ2n) is 6.21. The van der Waals surface area contributed by atoms with Gasteiger partial charge >= 0.3 is 5.63 Å². The summed E-state index contributed by atoms with van der Waals surface area (Å²) in [6.45, 7) is 0. The van der Waals surface area contributed by atoms with Gasteiger partial charge in [-0.2, -0.15) is 0 Å². The van der Waals surface area contributed by atoms with Crippen LogP contribution >= 0.6 is 0 Å². The molecule has 142 valence electrons. The van der Waals surface area contributed by atoms with Gasteiger partial charge in [-0.3, -0.25) is 25.4 Å². The van der Waals surface area contributed by atoms with Crippen LogP contribution < -0.4 is 16.5 Å². The van der Waals surface area contributed by atoms with Gasteiger partial charge in [-0.15, -0.1) is 0 Å². The van der Waals surface area contributed by atoms with E-state index in [-0.39, 0.29) is 5.56 Å². The first-order valence-corrected chi connectivity index (χ1v) is 8.76. The average Bonchev–Trinajstić information content (AvgIpc) is 2.77. The number of para-hydroxylation sites is 1. The third kappa shape index (κ3) is 3.89. The number of amides is 2. The first kappa shape index (κ1) is 18.1. The molecule has 0 aliphatic carbocycles. The molecule has 0 saturated heterocycles. The highest BCUT2D eigenvalue weighted by Gasteiger charge is 2.12. The second-order valence-corrected chi connectivity index (χ2v) is 6.21. The Morgan fingerprint density at radius 2 is 1.52 bits per heavy atom. The minimum absolute atomic E-state index is 0.282. The molecule has 0 aliphatic heterocycles. The van der Waals surface area contributed by atoms with Gasteiger partial charge in [0.05, 0.1) is 5.56 Å². The monoisotopic (exact) mass is 385 g/mol. The number of nitrogens with zero attached hydrogens (tertiary/aromatic N) is 1. The minimum Gasteiger partial charge on any atom is -0.422 e. The Morgan fingerprint density at radius 3 is 2.31 bits per heavy atom. The number of rotatable bonds is 3. The van der Waals surface area contributed by atoms with Crippen LogP contribution in [0.15, 0.2) is 88.3 Å². The van der Waals surface area contributed by atoms with Crippen LogP contribution in [0.4, 0.5) is 0 Å². The zero-order valence-corrected chi connectivity index (χ0v) is 15.1. The first-order valence-electron chi connectivity index (χ1n) is 8.76. The number of hydrogen-bond donors (Lipinski definition) is 2. The molecule has 0 spiro atoms. The van der Waals surface area contributed by atoms with Crippen molar-refractivity contribution in [2.45, 2.75) is 0 Å². The van der Waals surface area contributed by atoms with Crippen LogP contribution in [-0.2, 0) is 0 Å². The van der Waals surface area contributed by atoms with Crippen LogP contribution in [-0.4, -0.2) is 16.8 Å². The smallest absolute Gasteiger partial charge is 0.344 e. The van der Waals surface area contributed by atoms with Gasteiger partial charge in [0.1, 0.15) is 5.58 Å². The van der Waals surface area contributed by atoms with Gasteiger partial charge in [0.25, 0.3) is 11.8 Å². The van der Waals surface area contributed by atoms with E-state index in [9.17, 15) is 14.4 Å². The number of fused-ring (bicyclic) bond motifs is 1.